The lowest BCUT2D eigenvalue weighted by molar-refractivity contribution is -0.133. The summed E-state index contributed by atoms with van der Waals surface area (Å²) in [4.78, 5) is 49.1. The third-order valence-corrected chi connectivity index (χ3v) is 7.47. The van der Waals surface area contributed by atoms with Crippen LogP contribution >= 0.6 is 11.8 Å². The third kappa shape index (κ3) is 4.22. The lowest BCUT2D eigenvalue weighted by Crippen LogP contribution is -2.63. The number of nitrogens with one attached hydrogen (secondary N) is 1. The number of fused-ring (bicyclic) bond motifs is 1. The van der Waals surface area contributed by atoms with Crippen molar-refractivity contribution in [2.75, 3.05) is 31.5 Å². The Balaban J connectivity index is 1.57. The maximum Gasteiger partial charge on any atom is 0.328 e. The lowest BCUT2D eigenvalue weighted by atomic mass is 10.1. The molecule has 0 saturated carbocycles. The van der Waals surface area contributed by atoms with E-state index >= 15 is 0 Å². The Morgan fingerprint density at radius 1 is 1.22 bits per heavy atom. The van der Waals surface area contributed by atoms with Gasteiger partial charge in [0.15, 0.2) is 5.17 Å². The number of hydrogen-bond donors (Lipinski definition) is 1. The quantitative estimate of drug-likeness (QED) is 0.710. The van der Waals surface area contributed by atoms with Crippen LogP contribution < -0.4 is 5.32 Å². The molecule has 0 radical (unpaired) electrons. The molecule has 2 fully saturated rings. The predicted octanol–water partition coefficient (Wildman–Crippen LogP) is 3.06. The second kappa shape index (κ2) is 9.52. The summed E-state index contributed by atoms with van der Waals surface area (Å²) in [6.45, 7) is 7.97. The fourth-order valence-corrected chi connectivity index (χ4v) is 5.79. The molecule has 2 saturated heterocycles. The van der Waals surface area contributed by atoms with Gasteiger partial charge in [-0.1, -0.05) is 43.8 Å². The number of likely N-dealkylation sites (tertiary alicyclic amines) is 1. The number of hydrogen-bond acceptors (Lipinski definition) is 6. The van der Waals surface area contributed by atoms with Crippen molar-refractivity contribution >= 4 is 40.5 Å². The summed E-state index contributed by atoms with van der Waals surface area (Å²) >= 11 is 1.43. The highest BCUT2D eigenvalue weighted by Gasteiger charge is 2.51. The molecule has 4 rings (SSSR count). The van der Waals surface area contributed by atoms with Gasteiger partial charge in [-0.2, -0.15) is 0 Å². The largest absolute Gasteiger partial charge is 0.351 e. The minimum absolute atomic E-state index is 0.137. The number of amides is 4. The molecule has 2 unspecified atom stereocenters. The number of aryl methyl sites for hydroxylation is 2. The molecule has 4 amide bonds. The van der Waals surface area contributed by atoms with Crippen molar-refractivity contribution in [3.05, 3.63) is 29.3 Å². The van der Waals surface area contributed by atoms with Gasteiger partial charge in [0.1, 0.15) is 18.0 Å². The molecule has 1 aromatic rings. The van der Waals surface area contributed by atoms with Gasteiger partial charge in [-0.15, -0.1) is 0 Å². The molecule has 3 aliphatic heterocycles. The SMILES string of the molecule is CCCN1C(=O)C2SC(N3CCCC3)=NC2N(CC(=O)Nc2c(C)cccc2CC)C1=O. The number of aliphatic imine (C=N–C) groups is 1. The van der Waals surface area contributed by atoms with E-state index in [0.29, 0.717) is 13.0 Å². The molecule has 3 heterocycles. The number of rotatable bonds is 6. The topological polar surface area (TPSA) is 85.3 Å². The summed E-state index contributed by atoms with van der Waals surface area (Å²) in [5, 5.41) is 3.32. The van der Waals surface area contributed by atoms with Gasteiger partial charge in [0.2, 0.25) is 11.8 Å². The van der Waals surface area contributed by atoms with Crippen LogP contribution in [0.2, 0.25) is 0 Å². The predicted molar refractivity (Wildman–Crippen MR) is 127 cm³/mol. The molecule has 9 heteroatoms. The monoisotopic (exact) mass is 457 g/mol. The molecular formula is C23H31N5O3S. The molecule has 3 aliphatic rings. The zero-order valence-electron chi connectivity index (χ0n) is 19.0. The van der Waals surface area contributed by atoms with E-state index in [4.69, 9.17) is 4.99 Å². The smallest absolute Gasteiger partial charge is 0.328 e. The van der Waals surface area contributed by atoms with Gasteiger partial charge in [0.05, 0.1) is 0 Å². The molecule has 0 bridgehead atoms. The average molecular weight is 458 g/mol. The highest BCUT2D eigenvalue weighted by Crippen LogP contribution is 2.37. The van der Waals surface area contributed by atoms with Crippen molar-refractivity contribution in [3.63, 3.8) is 0 Å². The summed E-state index contributed by atoms with van der Waals surface area (Å²) in [5.74, 6) is -0.477. The number of amidine groups is 1. The molecular weight excluding hydrogens is 426 g/mol. The Morgan fingerprint density at radius 2 is 1.97 bits per heavy atom. The molecule has 32 heavy (non-hydrogen) atoms. The Hall–Kier alpha value is -2.55. The van der Waals surface area contributed by atoms with Crippen LogP contribution in [0.3, 0.4) is 0 Å². The highest BCUT2D eigenvalue weighted by molar-refractivity contribution is 8.15. The first-order chi connectivity index (χ1) is 15.4. The Labute approximate surface area is 193 Å². The number of thioether (sulfide) groups is 1. The van der Waals surface area contributed by atoms with Gasteiger partial charge in [0, 0.05) is 25.3 Å². The maximum atomic E-state index is 13.2. The van der Waals surface area contributed by atoms with Gasteiger partial charge in [-0.3, -0.25) is 19.4 Å². The number of imide groups is 1. The van der Waals surface area contributed by atoms with E-state index in [-0.39, 0.29) is 18.4 Å². The molecule has 2 atom stereocenters. The van der Waals surface area contributed by atoms with Gasteiger partial charge >= 0.3 is 6.03 Å². The molecule has 1 N–H and O–H groups in total. The summed E-state index contributed by atoms with van der Waals surface area (Å²) < 4.78 is 0. The van der Waals surface area contributed by atoms with Crippen molar-refractivity contribution < 1.29 is 14.4 Å². The number of anilines is 1. The van der Waals surface area contributed by atoms with Crippen LogP contribution in [0, 0.1) is 6.92 Å². The van der Waals surface area contributed by atoms with E-state index in [2.05, 4.69) is 10.2 Å². The molecule has 1 aromatic carbocycles. The minimum atomic E-state index is -0.642. The van der Waals surface area contributed by atoms with E-state index < -0.39 is 17.4 Å². The number of benzene rings is 1. The first kappa shape index (κ1) is 22.6. The summed E-state index contributed by atoms with van der Waals surface area (Å²) in [6, 6.07) is 5.49. The van der Waals surface area contributed by atoms with E-state index in [0.717, 1.165) is 54.3 Å². The molecule has 8 nitrogen and oxygen atoms in total. The molecule has 0 aliphatic carbocycles. The first-order valence-electron chi connectivity index (χ1n) is 11.4. The van der Waals surface area contributed by atoms with Crippen LogP contribution in [-0.2, 0) is 16.0 Å². The number of carbonyl (C=O) groups excluding carboxylic acids is 3. The van der Waals surface area contributed by atoms with Crippen molar-refractivity contribution in [3.8, 4) is 0 Å². The molecule has 0 spiro atoms. The zero-order valence-corrected chi connectivity index (χ0v) is 19.8. The molecule has 172 valence electrons. The fraction of sp³-hybridized carbons (Fsp3) is 0.565. The lowest BCUT2D eigenvalue weighted by Gasteiger charge is -2.39. The second-order valence-corrected chi connectivity index (χ2v) is 9.58. The van der Waals surface area contributed by atoms with Crippen LogP contribution in [0.15, 0.2) is 23.2 Å². The van der Waals surface area contributed by atoms with Crippen molar-refractivity contribution in [2.24, 2.45) is 4.99 Å². The van der Waals surface area contributed by atoms with Crippen molar-refractivity contribution in [2.45, 2.75) is 57.9 Å². The minimum Gasteiger partial charge on any atom is -0.351 e. The van der Waals surface area contributed by atoms with Crippen molar-refractivity contribution in [1.29, 1.82) is 0 Å². The second-order valence-electron chi connectivity index (χ2n) is 8.47. The summed E-state index contributed by atoms with van der Waals surface area (Å²) in [5.41, 5.74) is 2.83. The highest BCUT2D eigenvalue weighted by atomic mass is 32.2. The number of nitrogens with zero attached hydrogens (tertiary/aromatic N) is 4. The van der Waals surface area contributed by atoms with Gasteiger partial charge in [-0.25, -0.2) is 9.79 Å². The first-order valence-corrected chi connectivity index (χ1v) is 12.3. The summed E-state index contributed by atoms with van der Waals surface area (Å²) in [7, 11) is 0. The van der Waals surface area contributed by atoms with Gasteiger partial charge in [0.25, 0.3) is 0 Å². The fourth-order valence-electron chi connectivity index (χ4n) is 4.50. The van der Waals surface area contributed by atoms with Crippen LogP contribution in [0.5, 0.6) is 0 Å². The normalized spacial score (nSPS) is 23.0. The molecule has 0 aromatic heterocycles. The Morgan fingerprint density at radius 3 is 2.66 bits per heavy atom. The maximum absolute atomic E-state index is 13.2. The van der Waals surface area contributed by atoms with Crippen LogP contribution in [-0.4, -0.2) is 75.3 Å². The summed E-state index contributed by atoms with van der Waals surface area (Å²) in [6.07, 6.45) is 3.03. The number of carbonyl (C=O) groups is 3. The standard InChI is InChI=1S/C23H31N5O3S/c1-4-11-27-21(30)19-20(25-22(32-19)26-12-6-7-13-26)28(23(27)31)14-17(29)24-18-15(3)9-8-10-16(18)5-2/h8-10,19-20H,4-7,11-14H2,1-3H3,(H,24,29). The van der Waals surface area contributed by atoms with Crippen molar-refractivity contribution in [1.82, 2.24) is 14.7 Å². The van der Waals surface area contributed by atoms with Gasteiger partial charge < -0.3 is 10.2 Å². The van der Waals surface area contributed by atoms with Crippen LogP contribution in [0.1, 0.15) is 44.2 Å². The van der Waals surface area contributed by atoms with Crippen LogP contribution in [0.4, 0.5) is 10.5 Å². The number of para-hydroxylation sites is 1. The average Bonchev–Trinajstić information content (AvgIpc) is 3.46. The number of urea groups is 1. The third-order valence-electron chi connectivity index (χ3n) is 6.19. The van der Waals surface area contributed by atoms with E-state index in [1.54, 1.807) is 0 Å². The Kier molecular flexibility index (Phi) is 6.74. The zero-order chi connectivity index (χ0) is 22.8. The Bertz CT molecular complexity index is 944. The van der Waals surface area contributed by atoms with Crippen LogP contribution in [0.25, 0.3) is 0 Å². The van der Waals surface area contributed by atoms with E-state index in [1.807, 2.05) is 39.0 Å². The van der Waals surface area contributed by atoms with E-state index in [1.165, 1.54) is 21.6 Å². The van der Waals surface area contributed by atoms with Gasteiger partial charge in [-0.05, 0) is 43.7 Å². The van der Waals surface area contributed by atoms with E-state index in [9.17, 15) is 14.4 Å².